The van der Waals surface area contributed by atoms with Crippen molar-refractivity contribution in [2.24, 2.45) is 0 Å². The Balaban J connectivity index is 1.50. The van der Waals surface area contributed by atoms with Crippen molar-refractivity contribution in [2.45, 2.75) is 34.7 Å². The average molecular weight is 716 g/mol. The molecule has 0 radical (unpaired) electrons. The zero-order valence-electron chi connectivity index (χ0n) is 23.3. The minimum Gasteiger partial charge on any atom is -0.504 e. The number of aromatic hydroxyl groups is 1. The molecule has 7 rings (SSSR count). The average Bonchev–Trinajstić information content (AvgIpc) is 3.37. The molecule has 2 fully saturated rings. The lowest BCUT2D eigenvalue weighted by molar-refractivity contribution is -0.122. The van der Waals surface area contributed by atoms with Gasteiger partial charge in [0.15, 0.2) is 21.2 Å². The molecule has 230 valence electrons. The number of alkyl halides is 2. The summed E-state index contributed by atoms with van der Waals surface area (Å²) in [6.07, 6.45) is 1.31. The standard InChI is InChI=1S/C31H22BrCl2FN4O6/c1-45-23-14-16(32)13-21(25(23)40)24-20-11-12-36-28(43)38(18-5-3-2-4-6-18)29(44)39(36)22(20)15-30(33)26(41)37(27(42)31(24,30)34)19-9-7-17(35)8-10-19/h2-11,13-14,22,24,40H,12,15H2,1H3. The van der Waals surface area contributed by atoms with Crippen molar-refractivity contribution in [3.63, 3.8) is 0 Å². The number of rotatable bonds is 4. The molecule has 14 heteroatoms. The zero-order chi connectivity index (χ0) is 32.0. The molecule has 45 heavy (non-hydrogen) atoms. The largest absolute Gasteiger partial charge is 0.504 e. The van der Waals surface area contributed by atoms with Crippen LogP contribution in [0.15, 0.2) is 92.4 Å². The summed E-state index contributed by atoms with van der Waals surface area (Å²) in [5, 5.41) is 11.4. The van der Waals surface area contributed by atoms with Crippen molar-refractivity contribution in [3.8, 4) is 17.2 Å². The summed E-state index contributed by atoms with van der Waals surface area (Å²) < 4.78 is 23.2. The Labute approximate surface area is 272 Å². The van der Waals surface area contributed by atoms with Crippen LogP contribution in [0.4, 0.5) is 10.1 Å². The fourth-order valence-corrected chi connectivity index (χ4v) is 8.14. The molecule has 3 heterocycles. The zero-order valence-corrected chi connectivity index (χ0v) is 26.4. The summed E-state index contributed by atoms with van der Waals surface area (Å²) in [6, 6.07) is 15.1. The first-order valence-corrected chi connectivity index (χ1v) is 15.3. The number of hydrogen-bond donors (Lipinski definition) is 1. The third-order valence-corrected chi connectivity index (χ3v) is 10.6. The molecule has 3 aromatic carbocycles. The molecular formula is C31H22BrCl2FN4O6. The van der Waals surface area contributed by atoms with E-state index in [0.717, 1.165) is 21.6 Å². The molecule has 1 aliphatic carbocycles. The highest BCUT2D eigenvalue weighted by molar-refractivity contribution is 9.10. The van der Waals surface area contributed by atoms with Crippen molar-refractivity contribution in [1.29, 1.82) is 0 Å². The van der Waals surface area contributed by atoms with Crippen LogP contribution in [-0.2, 0) is 16.1 Å². The van der Waals surface area contributed by atoms with E-state index in [0.29, 0.717) is 15.7 Å². The van der Waals surface area contributed by atoms with Crippen molar-refractivity contribution >= 4 is 56.6 Å². The number of hydrogen-bond acceptors (Lipinski definition) is 6. The smallest absolute Gasteiger partial charge is 0.352 e. The molecule has 1 saturated heterocycles. The van der Waals surface area contributed by atoms with Crippen LogP contribution in [0.25, 0.3) is 5.69 Å². The van der Waals surface area contributed by atoms with Crippen LogP contribution < -0.4 is 21.0 Å². The summed E-state index contributed by atoms with van der Waals surface area (Å²) in [5.74, 6) is -3.97. The predicted octanol–water partition coefficient (Wildman–Crippen LogP) is 4.61. The van der Waals surface area contributed by atoms with Crippen LogP contribution in [0.3, 0.4) is 0 Å². The van der Waals surface area contributed by atoms with Crippen LogP contribution in [0.1, 0.15) is 23.9 Å². The highest BCUT2D eigenvalue weighted by Gasteiger charge is 2.76. The third kappa shape index (κ3) is 3.91. The predicted molar refractivity (Wildman–Crippen MR) is 167 cm³/mol. The Morgan fingerprint density at radius 3 is 2.31 bits per heavy atom. The fourth-order valence-electron chi connectivity index (χ4n) is 6.77. The van der Waals surface area contributed by atoms with Crippen LogP contribution in [-0.4, -0.2) is 47.7 Å². The topological polar surface area (TPSA) is 116 Å². The molecule has 1 N–H and O–H groups in total. The number of anilines is 1. The second-order valence-corrected chi connectivity index (χ2v) is 13.2. The number of para-hydroxylation sites is 1. The van der Waals surface area contributed by atoms with Crippen LogP contribution in [0.2, 0.25) is 0 Å². The highest BCUT2D eigenvalue weighted by Crippen LogP contribution is 2.65. The van der Waals surface area contributed by atoms with Crippen molar-refractivity contribution in [3.05, 3.63) is 115 Å². The molecule has 2 amide bonds. The molecule has 4 unspecified atom stereocenters. The normalized spacial score (nSPS) is 25.4. The number of methoxy groups -OCH3 is 1. The number of phenolic OH excluding ortho intramolecular Hbond substituents is 1. The first-order chi connectivity index (χ1) is 21.4. The van der Waals surface area contributed by atoms with Gasteiger partial charge in [-0.1, -0.05) is 40.2 Å². The van der Waals surface area contributed by atoms with Gasteiger partial charge in [0.1, 0.15) is 5.82 Å². The molecule has 4 atom stereocenters. The first-order valence-electron chi connectivity index (χ1n) is 13.7. The van der Waals surface area contributed by atoms with Crippen molar-refractivity contribution in [1.82, 2.24) is 13.9 Å². The number of fused-ring (bicyclic) bond motifs is 4. The molecule has 0 spiro atoms. The van der Waals surface area contributed by atoms with E-state index in [1.807, 2.05) is 0 Å². The molecule has 4 aromatic rings. The summed E-state index contributed by atoms with van der Waals surface area (Å²) in [7, 11) is 1.35. The lowest BCUT2D eigenvalue weighted by Crippen LogP contribution is -2.59. The lowest BCUT2D eigenvalue weighted by Gasteiger charge is -2.49. The Hall–Kier alpha value is -4.13. The summed E-state index contributed by atoms with van der Waals surface area (Å²) in [6.45, 7) is -0.0752. The third-order valence-electron chi connectivity index (χ3n) is 8.78. The van der Waals surface area contributed by atoms with Gasteiger partial charge in [-0.2, -0.15) is 0 Å². The number of nitrogens with zero attached hydrogens (tertiary/aromatic N) is 4. The van der Waals surface area contributed by atoms with Gasteiger partial charge in [0.25, 0.3) is 11.8 Å². The van der Waals surface area contributed by atoms with E-state index in [-0.39, 0.29) is 35.7 Å². The number of aromatic nitrogens is 3. The van der Waals surface area contributed by atoms with E-state index in [1.165, 1.54) is 40.7 Å². The number of phenols is 1. The Bertz CT molecular complexity index is 2080. The van der Waals surface area contributed by atoms with Gasteiger partial charge in [-0.25, -0.2) is 32.8 Å². The maximum Gasteiger partial charge on any atom is 0.352 e. The second kappa shape index (κ2) is 10.2. The number of carbonyl (C=O) groups excluding carboxylic acids is 2. The summed E-state index contributed by atoms with van der Waals surface area (Å²) in [5.41, 5.74) is -0.426. The van der Waals surface area contributed by atoms with E-state index in [1.54, 1.807) is 36.4 Å². The molecule has 2 aliphatic heterocycles. The number of benzene rings is 3. The number of imide groups is 1. The van der Waals surface area contributed by atoms with E-state index < -0.39 is 50.7 Å². The molecule has 1 aromatic heterocycles. The maximum absolute atomic E-state index is 14.4. The number of allylic oxidation sites excluding steroid dienone is 2. The van der Waals surface area contributed by atoms with Gasteiger partial charge in [-0.3, -0.25) is 9.59 Å². The van der Waals surface area contributed by atoms with E-state index in [9.17, 15) is 28.7 Å². The molecule has 1 saturated carbocycles. The number of carbonyl (C=O) groups is 2. The van der Waals surface area contributed by atoms with Gasteiger partial charge in [-0.05, 0) is 54.1 Å². The first kappa shape index (κ1) is 29.6. The SMILES string of the molecule is COc1cc(Br)cc(C2C3=CCn4c(=O)n(-c5ccccc5)c(=O)n4C3CC3(Cl)C(=O)N(c4ccc(F)cc4)C(=O)C23Cl)c1O. The maximum atomic E-state index is 14.4. The Morgan fingerprint density at radius 1 is 0.956 bits per heavy atom. The number of ether oxygens (including phenoxy) is 1. The monoisotopic (exact) mass is 714 g/mol. The minimum atomic E-state index is -2.24. The van der Waals surface area contributed by atoms with Crippen molar-refractivity contribution < 1.29 is 23.8 Å². The lowest BCUT2D eigenvalue weighted by atomic mass is 9.64. The van der Waals surface area contributed by atoms with E-state index in [2.05, 4.69) is 15.9 Å². The number of halogens is 4. The fraction of sp³-hybridized carbons (Fsp3) is 0.226. The van der Waals surface area contributed by atoms with Gasteiger partial charge in [0.05, 0.1) is 31.1 Å². The van der Waals surface area contributed by atoms with Crippen LogP contribution in [0.5, 0.6) is 11.5 Å². The highest BCUT2D eigenvalue weighted by atomic mass is 79.9. The molecular weight excluding hydrogens is 694 g/mol. The van der Waals surface area contributed by atoms with E-state index >= 15 is 0 Å². The Morgan fingerprint density at radius 2 is 1.64 bits per heavy atom. The second-order valence-electron chi connectivity index (χ2n) is 11.0. The molecule has 0 bridgehead atoms. The van der Waals surface area contributed by atoms with Crippen LogP contribution >= 0.6 is 39.1 Å². The van der Waals surface area contributed by atoms with Gasteiger partial charge < -0.3 is 9.84 Å². The molecule has 10 nitrogen and oxygen atoms in total. The van der Waals surface area contributed by atoms with Gasteiger partial charge in [-0.15, -0.1) is 23.2 Å². The Kier molecular flexibility index (Phi) is 6.70. The van der Waals surface area contributed by atoms with Crippen molar-refractivity contribution in [2.75, 3.05) is 12.0 Å². The van der Waals surface area contributed by atoms with E-state index in [4.69, 9.17) is 27.9 Å². The quantitative estimate of drug-likeness (QED) is 0.188. The van der Waals surface area contributed by atoms with Gasteiger partial charge >= 0.3 is 11.4 Å². The summed E-state index contributed by atoms with van der Waals surface area (Å²) in [4.78, 5) is 52.7. The summed E-state index contributed by atoms with van der Waals surface area (Å²) >= 11 is 18.1. The van der Waals surface area contributed by atoms with Crippen LogP contribution in [0, 0.1) is 5.82 Å². The molecule has 3 aliphatic rings. The van der Waals surface area contributed by atoms with Gasteiger partial charge in [0, 0.05) is 22.4 Å². The minimum absolute atomic E-state index is 0.0388. The van der Waals surface area contributed by atoms with Gasteiger partial charge in [0.2, 0.25) is 0 Å². The number of amides is 2.